The molecule has 0 saturated carbocycles. The third-order valence-corrected chi connectivity index (χ3v) is 2.38. The van der Waals surface area contributed by atoms with E-state index in [0.29, 0.717) is 6.61 Å². The van der Waals surface area contributed by atoms with Gasteiger partial charge >= 0.3 is 5.97 Å². The summed E-state index contributed by atoms with van der Waals surface area (Å²) in [7, 11) is 0. The molecule has 1 aliphatic carbocycles. The van der Waals surface area contributed by atoms with Gasteiger partial charge in [0.1, 0.15) is 5.00 Å². The number of hydrogen-bond acceptors (Lipinski definition) is 4. The average molecular weight is 245 g/mol. The highest BCUT2D eigenvalue weighted by molar-refractivity contribution is 6.26. The number of nitrogens with two attached hydrogens (primary N) is 2. The Morgan fingerprint density at radius 1 is 1.31 bits per heavy atom. The Bertz CT molecular complexity index is 319. The van der Waals surface area contributed by atoms with Crippen molar-refractivity contribution in [1.29, 1.82) is 0 Å². The van der Waals surface area contributed by atoms with E-state index < -0.39 is 16.5 Å². The van der Waals surface area contributed by atoms with Gasteiger partial charge in [0.25, 0.3) is 0 Å². The topological polar surface area (TPSA) is 78.3 Å². The van der Waals surface area contributed by atoms with E-state index in [1.54, 1.807) is 0 Å². The molecule has 0 saturated heterocycles. The number of alkyl halides is 1. The van der Waals surface area contributed by atoms with Crippen molar-refractivity contribution in [2.24, 2.45) is 17.4 Å². The SMILES string of the molecule is CC(C)COC(=O)C1(N)C=CC(N)(Cl)C=C1. The molecule has 0 bridgehead atoms. The minimum absolute atomic E-state index is 0.269. The van der Waals surface area contributed by atoms with Crippen LogP contribution in [0.2, 0.25) is 0 Å². The van der Waals surface area contributed by atoms with Crippen LogP contribution in [0.5, 0.6) is 0 Å². The molecule has 0 aromatic rings. The molecule has 0 aliphatic heterocycles. The molecule has 1 aliphatic rings. The van der Waals surface area contributed by atoms with Crippen LogP contribution < -0.4 is 11.5 Å². The molecule has 5 heteroatoms. The zero-order valence-corrected chi connectivity index (χ0v) is 10.2. The minimum atomic E-state index is -1.26. The Morgan fingerprint density at radius 2 is 1.81 bits per heavy atom. The van der Waals surface area contributed by atoms with Crippen LogP contribution in [0.25, 0.3) is 0 Å². The number of esters is 1. The highest BCUT2D eigenvalue weighted by Gasteiger charge is 2.35. The number of carbonyl (C=O) groups is 1. The lowest BCUT2D eigenvalue weighted by atomic mass is 9.93. The molecular weight excluding hydrogens is 228 g/mol. The number of halogens is 1. The largest absolute Gasteiger partial charge is 0.464 e. The minimum Gasteiger partial charge on any atom is -0.464 e. The second-order valence-electron chi connectivity index (χ2n) is 4.42. The van der Waals surface area contributed by atoms with Gasteiger partial charge in [0.15, 0.2) is 5.54 Å². The second kappa shape index (κ2) is 4.57. The Balaban J connectivity index is 2.67. The van der Waals surface area contributed by atoms with Gasteiger partial charge in [-0.3, -0.25) is 0 Å². The quantitative estimate of drug-likeness (QED) is 0.335. The molecule has 0 heterocycles. The Morgan fingerprint density at radius 3 is 2.25 bits per heavy atom. The maximum Gasteiger partial charge on any atom is 0.334 e. The van der Waals surface area contributed by atoms with Gasteiger partial charge < -0.3 is 16.2 Å². The van der Waals surface area contributed by atoms with Crippen molar-refractivity contribution < 1.29 is 9.53 Å². The van der Waals surface area contributed by atoms with E-state index in [0.717, 1.165) is 0 Å². The van der Waals surface area contributed by atoms with Crippen molar-refractivity contribution in [3.05, 3.63) is 24.3 Å². The van der Waals surface area contributed by atoms with Gasteiger partial charge in [-0.15, -0.1) is 0 Å². The van der Waals surface area contributed by atoms with E-state index in [1.807, 2.05) is 13.8 Å². The Labute approximate surface area is 100 Å². The summed E-state index contributed by atoms with van der Waals surface area (Å²) in [6.07, 6.45) is 5.88. The summed E-state index contributed by atoms with van der Waals surface area (Å²) in [4.78, 5) is 10.6. The van der Waals surface area contributed by atoms with E-state index in [-0.39, 0.29) is 5.92 Å². The van der Waals surface area contributed by atoms with Crippen LogP contribution in [-0.4, -0.2) is 23.1 Å². The van der Waals surface area contributed by atoms with Gasteiger partial charge in [-0.25, -0.2) is 4.79 Å². The van der Waals surface area contributed by atoms with Crippen LogP contribution in [0.1, 0.15) is 13.8 Å². The summed E-state index contributed by atoms with van der Waals surface area (Å²) in [6.45, 7) is 4.24. The fraction of sp³-hybridized carbons (Fsp3) is 0.545. The fourth-order valence-electron chi connectivity index (χ4n) is 1.15. The molecule has 0 fully saturated rings. The number of hydrogen-bond donors (Lipinski definition) is 2. The van der Waals surface area contributed by atoms with Crippen molar-refractivity contribution >= 4 is 17.6 Å². The maximum atomic E-state index is 11.7. The van der Waals surface area contributed by atoms with Crippen molar-refractivity contribution in [3.63, 3.8) is 0 Å². The van der Waals surface area contributed by atoms with Crippen LogP contribution in [0.15, 0.2) is 24.3 Å². The average Bonchev–Trinajstić information content (AvgIpc) is 2.19. The molecule has 4 nitrogen and oxygen atoms in total. The summed E-state index contributed by atoms with van der Waals surface area (Å²) >= 11 is 5.83. The van der Waals surface area contributed by atoms with Gasteiger partial charge in [-0.2, -0.15) is 0 Å². The number of rotatable bonds is 3. The zero-order valence-electron chi connectivity index (χ0n) is 9.44. The predicted octanol–water partition coefficient (Wildman–Crippen LogP) is 0.903. The Hall–Kier alpha value is -0.840. The number of ether oxygens (including phenoxy) is 1. The van der Waals surface area contributed by atoms with Crippen LogP contribution in [0.3, 0.4) is 0 Å². The van der Waals surface area contributed by atoms with Crippen LogP contribution in [-0.2, 0) is 9.53 Å². The monoisotopic (exact) mass is 244 g/mol. The second-order valence-corrected chi connectivity index (χ2v) is 5.07. The first kappa shape index (κ1) is 13.2. The molecule has 0 radical (unpaired) electrons. The van der Waals surface area contributed by atoms with Crippen molar-refractivity contribution in [2.75, 3.05) is 6.61 Å². The lowest BCUT2D eigenvalue weighted by Gasteiger charge is -2.27. The molecule has 0 unspecified atom stereocenters. The maximum absolute atomic E-state index is 11.7. The summed E-state index contributed by atoms with van der Waals surface area (Å²) in [6, 6.07) is 0. The third kappa shape index (κ3) is 3.33. The van der Waals surface area contributed by atoms with Crippen molar-refractivity contribution in [1.82, 2.24) is 0 Å². The molecule has 1 rings (SSSR count). The third-order valence-electron chi connectivity index (χ3n) is 2.13. The zero-order chi connectivity index (χ0) is 12.4. The molecule has 16 heavy (non-hydrogen) atoms. The highest BCUT2D eigenvalue weighted by atomic mass is 35.5. The molecule has 0 aromatic carbocycles. The molecule has 0 amide bonds. The first-order valence-corrected chi connectivity index (χ1v) is 5.48. The van der Waals surface area contributed by atoms with Gasteiger partial charge in [0.2, 0.25) is 0 Å². The van der Waals surface area contributed by atoms with Gasteiger partial charge in [-0.1, -0.05) is 37.6 Å². The number of carbonyl (C=O) groups excluding carboxylic acids is 1. The van der Waals surface area contributed by atoms with Crippen molar-refractivity contribution in [2.45, 2.75) is 24.4 Å². The van der Waals surface area contributed by atoms with E-state index in [2.05, 4.69) is 0 Å². The molecule has 0 spiro atoms. The standard InChI is InChI=1S/C11H17ClN2O2/c1-8(2)7-16-9(15)10(13)3-5-11(12,14)6-4-10/h3-6,8H,7,13-14H2,1-2H3. The van der Waals surface area contributed by atoms with E-state index in [9.17, 15) is 4.79 Å². The van der Waals surface area contributed by atoms with Gasteiger partial charge in [-0.05, 0) is 18.1 Å². The van der Waals surface area contributed by atoms with Crippen molar-refractivity contribution in [3.8, 4) is 0 Å². The molecule has 4 N–H and O–H groups in total. The summed E-state index contributed by atoms with van der Waals surface area (Å²) in [5, 5.41) is 0. The first-order valence-electron chi connectivity index (χ1n) is 5.10. The van der Waals surface area contributed by atoms with Crippen LogP contribution in [0.4, 0.5) is 0 Å². The molecule has 0 atom stereocenters. The summed E-state index contributed by atoms with van der Waals surface area (Å²) in [5.41, 5.74) is 10.2. The normalized spacial score (nSPS) is 33.1. The summed E-state index contributed by atoms with van der Waals surface area (Å²) < 4.78 is 5.06. The molecule has 0 aromatic heterocycles. The van der Waals surface area contributed by atoms with E-state index in [4.69, 9.17) is 27.8 Å². The highest BCUT2D eigenvalue weighted by Crippen LogP contribution is 2.22. The molecule has 90 valence electrons. The fourth-order valence-corrected chi connectivity index (χ4v) is 1.27. The smallest absolute Gasteiger partial charge is 0.334 e. The van der Waals surface area contributed by atoms with Gasteiger partial charge in [0, 0.05) is 0 Å². The van der Waals surface area contributed by atoms with E-state index in [1.165, 1.54) is 24.3 Å². The summed E-state index contributed by atoms with van der Waals surface area (Å²) in [5.74, 6) is -0.230. The van der Waals surface area contributed by atoms with E-state index >= 15 is 0 Å². The van der Waals surface area contributed by atoms with Gasteiger partial charge in [0.05, 0.1) is 6.61 Å². The van der Waals surface area contributed by atoms with Crippen LogP contribution >= 0.6 is 11.6 Å². The van der Waals surface area contributed by atoms with Crippen LogP contribution in [0, 0.1) is 5.92 Å². The Kier molecular flexibility index (Phi) is 3.78. The molecular formula is C11H17ClN2O2. The first-order chi connectivity index (χ1) is 7.25. The predicted molar refractivity (Wildman–Crippen MR) is 63.8 cm³/mol. The lowest BCUT2D eigenvalue weighted by Crippen LogP contribution is -2.49. The lowest BCUT2D eigenvalue weighted by molar-refractivity contribution is -0.147.